The Labute approximate surface area is 110 Å². The number of hydrazine groups is 1. The van der Waals surface area contributed by atoms with Crippen molar-refractivity contribution in [1.29, 1.82) is 0 Å². The Morgan fingerprint density at radius 2 is 2.32 bits per heavy atom. The van der Waals surface area contributed by atoms with Gasteiger partial charge >= 0.3 is 0 Å². The Morgan fingerprint density at radius 3 is 2.84 bits per heavy atom. The summed E-state index contributed by atoms with van der Waals surface area (Å²) in [5, 5.41) is 10.8. The van der Waals surface area contributed by atoms with E-state index in [0.29, 0.717) is 6.54 Å². The number of rotatable bonds is 5. The number of pyridine rings is 1. The van der Waals surface area contributed by atoms with Crippen molar-refractivity contribution in [2.45, 2.75) is 32.6 Å². The highest BCUT2D eigenvalue weighted by atomic mass is 16.6. The molecule has 1 aliphatic heterocycles. The predicted octanol–water partition coefficient (Wildman–Crippen LogP) is 0.182. The van der Waals surface area contributed by atoms with Crippen LogP contribution in [0.5, 0.6) is 5.75 Å². The van der Waals surface area contributed by atoms with Crippen molar-refractivity contribution in [3.8, 4) is 5.75 Å². The molecule has 19 heavy (non-hydrogen) atoms. The summed E-state index contributed by atoms with van der Waals surface area (Å²) in [6, 6.07) is 1.06. The van der Waals surface area contributed by atoms with Crippen molar-refractivity contribution in [2.75, 3.05) is 6.54 Å². The third-order valence-electron chi connectivity index (χ3n) is 2.83. The molecule has 7 nitrogen and oxygen atoms in total. The van der Waals surface area contributed by atoms with Crippen LogP contribution in [0.1, 0.15) is 30.8 Å². The first-order chi connectivity index (χ1) is 9.02. The average molecular weight is 267 g/mol. The highest BCUT2D eigenvalue weighted by Gasteiger charge is 2.40. The maximum Gasteiger partial charge on any atom is 0.282 e. The largest absolute Gasteiger partial charge is 0.503 e. The van der Waals surface area contributed by atoms with Gasteiger partial charge in [0, 0.05) is 18.8 Å². The lowest BCUT2D eigenvalue weighted by molar-refractivity contribution is 0.0663. The van der Waals surface area contributed by atoms with Crippen LogP contribution >= 0.6 is 0 Å². The molecule has 1 unspecified atom stereocenters. The van der Waals surface area contributed by atoms with E-state index >= 15 is 0 Å². The van der Waals surface area contributed by atoms with Gasteiger partial charge in [-0.1, -0.05) is 6.92 Å². The Morgan fingerprint density at radius 1 is 1.63 bits per heavy atom. The minimum atomic E-state index is -0.595. The zero-order chi connectivity index (χ0) is 14.0. The number of epoxide rings is 1. The molecule has 0 radical (unpaired) electrons. The van der Waals surface area contributed by atoms with Crippen LogP contribution in [0.2, 0.25) is 0 Å². The molecule has 1 aliphatic rings. The number of nitrogens with zero attached hydrogens (tertiary/aromatic N) is 1. The first-order valence-electron chi connectivity index (χ1n) is 6.17. The average Bonchev–Trinajstić information content (AvgIpc) is 3.09. The number of carbonyl (C=O) groups excluding carboxylic acids is 1. The zero-order valence-corrected chi connectivity index (χ0v) is 10.8. The summed E-state index contributed by atoms with van der Waals surface area (Å²) in [5.41, 5.74) is 2.19. The van der Waals surface area contributed by atoms with E-state index in [1.165, 1.54) is 0 Å². The second kappa shape index (κ2) is 5.41. The second-order valence-electron chi connectivity index (χ2n) is 4.46. The van der Waals surface area contributed by atoms with Gasteiger partial charge in [0.25, 0.3) is 5.91 Å². The Bertz CT molecular complexity index is 528. The lowest BCUT2D eigenvalue weighted by atomic mass is 10.3. The third-order valence-corrected chi connectivity index (χ3v) is 2.83. The number of H-pyrrole nitrogens is 1. The van der Waals surface area contributed by atoms with Crippen LogP contribution in [-0.2, 0) is 4.74 Å². The first-order valence-corrected chi connectivity index (χ1v) is 6.17. The van der Waals surface area contributed by atoms with E-state index in [9.17, 15) is 9.59 Å². The minimum Gasteiger partial charge on any atom is -0.503 e. The Balaban J connectivity index is 2.06. The quantitative estimate of drug-likeness (QED) is 0.522. The van der Waals surface area contributed by atoms with Crippen LogP contribution in [0.25, 0.3) is 0 Å². The third kappa shape index (κ3) is 3.12. The van der Waals surface area contributed by atoms with E-state index in [-0.39, 0.29) is 18.0 Å². The van der Waals surface area contributed by atoms with Gasteiger partial charge in [0.1, 0.15) is 5.69 Å². The number of hydrogen-bond donors (Lipinski definition) is 3. The molecule has 0 aliphatic carbocycles. The maximum absolute atomic E-state index is 12.0. The number of carbonyl (C=O) groups is 1. The van der Waals surface area contributed by atoms with Crippen LogP contribution in [0.3, 0.4) is 0 Å². The molecule has 3 N–H and O–H groups in total. The van der Waals surface area contributed by atoms with E-state index in [1.807, 2.05) is 13.8 Å². The Kier molecular flexibility index (Phi) is 3.87. The van der Waals surface area contributed by atoms with Gasteiger partial charge in [-0.05, 0) is 13.3 Å². The van der Waals surface area contributed by atoms with Gasteiger partial charge < -0.3 is 14.8 Å². The van der Waals surface area contributed by atoms with Gasteiger partial charge in [0.15, 0.2) is 12.0 Å². The fourth-order valence-electron chi connectivity index (χ4n) is 1.77. The fraction of sp³-hybridized carbons (Fsp3) is 0.500. The molecule has 1 aromatic rings. The topological polar surface area (TPSA) is 98.0 Å². The van der Waals surface area contributed by atoms with E-state index in [4.69, 9.17) is 9.84 Å². The monoisotopic (exact) mass is 267 g/mol. The lowest BCUT2D eigenvalue weighted by Crippen LogP contribution is -2.45. The van der Waals surface area contributed by atoms with Crippen molar-refractivity contribution >= 4 is 5.91 Å². The number of nitrogens with one attached hydrogen (secondary N) is 2. The molecule has 1 saturated heterocycles. The molecule has 0 saturated carbocycles. The van der Waals surface area contributed by atoms with Crippen molar-refractivity contribution in [2.24, 2.45) is 0 Å². The minimum absolute atomic E-state index is 0.0886. The molecule has 2 atom stereocenters. The lowest BCUT2D eigenvalue weighted by Gasteiger charge is -2.20. The molecule has 1 amide bonds. The molecule has 104 valence electrons. The molecule has 0 spiro atoms. The maximum atomic E-state index is 12.0. The van der Waals surface area contributed by atoms with Gasteiger partial charge in [-0.15, -0.1) is 0 Å². The van der Waals surface area contributed by atoms with Gasteiger partial charge in [-0.3, -0.25) is 15.0 Å². The number of aromatic amines is 1. The van der Waals surface area contributed by atoms with Crippen molar-refractivity contribution in [3.63, 3.8) is 0 Å². The van der Waals surface area contributed by atoms with Crippen LogP contribution < -0.4 is 10.9 Å². The molecule has 2 rings (SSSR count). The number of aromatic nitrogens is 1. The Hall–Kier alpha value is -1.86. The zero-order valence-electron chi connectivity index (χ0n) is 10.8. The van der Waals surface area contributed by atoms with Crippen molar-refractivity contribution in [3.05, 3.63) is 28.2 Å². The molecule has 1 fully saturated rings. The summed E-state index contributed by atoms with van der Waals surface area (Å²) in [6.07, 6.45) is 1.93. The number of amides is 1. The van der Waals surface area contributed by atoms with Crippen LogP contribution in [0.15, 0.2) is 17.1 Å². The van der Waals surface area contributed by atoms with Gasteiger partial charge in [-0.2, -0.15) is 5.01 Å². The smallest absolute Gasteiger partial charge is 0.282 e. The fourth-order valence-corrected chi connectivity index (χ4v) is 1.77. The van der Waals surface area contributed by atoms with E-state index in [2.05, 4.69) is 10.4 Å². The van der Waals surface area contributed by atoms with Crippen molar-refractivity contribution in [1.82, 2.24) is 15.4 Å². The SMILES string of the molecule is CCCN(NC(=O)c1cc(=O)c(O)c[nH]1)[C@@H]1OC1C. The summed E-state index contributed by atoms with van der Waals surface area (Å²) in [4.78, 5) is 25.8. The van der Waals surface area contributed by atoms with Gasteiger partial charge in [-0.25, -0.2) is 0 Å². The molecule has 2 heterocycles. The summed E-state index contributed by atoms with van der Waals surface area (Å²) >= 11 is 0. The van der Waals surface area contributed by atoms with Crippen LogP contribution in [-0.4, -0.2) is 39.9 Å². The molecule has 1 aromatic heterocycles. The first kappa shape index (κ1) is 13.6. The second-order valence-corrected chi connectivity index (χ2v) is 4.46. The van der Waals surface area contributed by atoms with Crippen LogP contribution in [0, 0.1) is 0 Å². The van der Waals surface area contributed by atoms with Gasteiger partial charge in [0.05, 0.1) is 6.10 Å². The number of hydrogen-bond acceptors (Lipinski definition) is 5. The van der Waals surface area contributed by atoms with Crippen LogP contribution in [0.4, 0.5) is 0 Å². The summed E-state index contributed by atoms with van der Waals surface area (Å²) in [5.74, 6) is -0.852. The van der Waals surface area contributed by atoms with E-state index in [0.717, 1.165) is 18.7 Å². The predicted molar refractivity (Wildman–Crippen MR) is 67.5 cm³/mol. The number of ether oxygens (including phenoxy) is 1. The standard InChI is InChI=1S/C12H17N3O4/c1-3-4-15(12-7(2)19-12)14-11(18)8-5-9(16)10(17)6-13-8/h5-7,12,17H,3-4H2,1-2H3,(H,13,16)(H,14,18)/t7?,12-/m1/s1. The highest BCUT2D eigenvalue weighted by Crippen LogP contribution is 2.23. The van der Waals surface area contributed by atoms with Gasteiger partial charge in [0.2, 0.25) is 5.43 Å². The number of aromatic hydroxyl groups is 1. The van der Waals surface area contributed by atoms with E-state index in [1.54, 1.807) is 5.01 Å². The summed E-state index contributed by atoms with van der Waals surface area (Å²) < 4.78 is 5.31. The van der Waals surface area contributed by atoms with E-state index < -0.39 is 17.1 Å². The molecule has 0 bridgehead atoms. The van der Waals surface area contributed by atoms with Crippen molar-refractivity contribution < 1.29 is 14.6 Å². The summed E-state index contributed by atoms with van der Waals surface area (Å²) in [7, 11) is 0. The summed E-state index contributed by atoms with van der Waals surface area (Å²) in [6.45, 7) is 4.57. The molecular formula is C12H17N3O4. The molecule has 0 aromatic carbocycles. The molecule has 7 heteroatoms. The molecular weight excluding hydrogens is 250 g/mol. The highest BCUT2D eigenvalue weighted by molar-refractivity contribution is 5.91. The normalized spacial score (nSPS) is 21.4.